The van der Waals surface area contributed by atoms with Crippen LogP contribution in [0.2, 0.25) is 5.02 Å². The molecule has 2 aromatic rings. The van der Waals surface area contributed by atoms with Crippen molar-refractivity contribution < 1.29 is 9.59 Å². The predicted octanol–water partition coefficient (Wildman–Crippen LogP) is 3.84. The summed E-state index contributed by atoms with van der Waals surface area (Å²) in [5.41, 5.74) is 0.908. The Labute approximate surface area is 184 Å². The lowest BCUT2D eigenvalue weighted by Gasteiger charge is -2.23. The molecule has 2 N–H and O–H groups in total. The van der Waals surface area contributed by atoms with E-state index in [4.69, 9.17) is 11.6 Å². The number of amides is 2. The summed E-state index contributed by atoms with van der Waals surface area (Å²) in [7, 11) is 0. The molecule has 2 saturated carbocycles. The number of carbonyl (C=O) groups is 2. The molecule has 0 saturated heterocycles. The maximum Gasteiger partial charge on any atom is 0.253 e. The van der Waals surface area contributed by atoms with Crippen molar-refractivity contribution in [2.24, 2.45) is 0 Å². The molecule has 8 nitrogen and oxygen atoms in total. The molecule has 10 heteroatoms. The van der Waals surface area contributed by atoms with Crippen LogP contribution in [0.4, 0.5) is 5.69 Å². The number of nitrogens with zero attached hydrogens (tertiary/aromatic N) is 4. The van der Waals surface area contributed by atoms with Crippen LogP contribution < -0.4 is 10.6 Å². The fourth-order valence-electron chi connectivity index (χ4n) is 3.55. The molecule has 30 heavy (non-hydrogen) atoms. The summed E-state index contributed by atoms with van der Waals surface area (Å²) in [6.45, 7) is 1.80. The molecule has 2 aliphatic carbocycles. The SMILES string of the molecule is CC(Sc1nnnn1C1CC1)C(=O)Nc1ccc(Cl)c(C(=O)NC2CCCCC2)c1. The molecule has 0 spiro atoms. The minimum atomic E-state index is -0.399. The number of thioether (sulfide) groups is 1. The van der Waals surface area contributed by atoms with Gasteiger partial charge in [0.15, 0.2) is 0 Å². The second-order valence-corrected chi connectivity index (χ2v) is 9.60. The molecule has 1 aromatic carbocycles. The molecule has 1 atom stereocenters. The van der Waals surface area contributed by atoms with Gasteiger partial charge in [-0.2, -0.15) is 0 Å². The topological polar surface area (TPSA) is 102 Å². The summed E-state index contributed by atoms with van der Waals surface area (Å²) < 4.78 is 1.78. The minimum absolute atomic E-state index is 0.189. The first-order chi connectivity index (χ1) is 14.5. The highest BCUT2D eigenvalue weighted by atomic mass is 35.5. The van der Waals surface area contributed by atoms with Crippen LogP contribution in [0.15, 0.2) is 23.4 Å². The first-order valence-electron chi connectivity index (χ1n) is 10.4. The average molecular weight is 449 g/mol. The van der Waals surface area contributed by atoms with Gasteiger partial charge in [-0.3, -0.25) is 9.59 Å². The molecule has 0 bridgehead atoms. The van der Waals surface area contributed by atoms with Gasteiger partial charge in [-0.1, -0.05) is 42.6 Å². The lowest BCUT2D eigenvalue weighted by molar-refractivity contribution is -0.115. The minimum Gasteiger partial charge on any atom is -0.349 e. The van der Waals surface area contributed by atoms with Crippen molar-refractivity contribution in [1.82, 2.24) is 25.5 Å². The fourth-order valence-corrected chi connectivity index (χ4v) is 4.62. The van der Waals surface area contributed by atoms with E-state index in [9.17, 15) is 9.59 Å². The van der Waals surface area contributed by atoms with Gasteiger partial charge in [0.2, 0.25) is 11.1 Å². The Morgan fingerprint density at radius 3 is 2.70 bits per heavy atom. The maximum atomic E-state index is 12.7. The Hall–Kier alpha value is -2.13. The smallest absolute Gasteiger partial charge is 0.253 e. The second kappa shape index (κ2) is 9.34. The first kappa shape index (κ1) is 21.1. The largest absolute Gasteiger partial charge is 0.349 e. The second-order valence-electron chi connectivity index (χ2n) is 7.89. The van der Waals surface area contributed by atoms with Gasteiger partial charge >= 0.3 is 0 Å². The molecule has 1 unspecified atom stereocenters. The molecule has 2 amide bonds. The van der Waals surface area contributed by atoms with Crippen molar-refractivity contribution in [3.05, 3.63) is 28.8 Å². The number of anilines is 1. The molecule has 160 valence electrons. The molecular weight excluding hydrogens is 424 g/mol. The van der Waals surface area contributed by atoms with Crippen LogP contribution in [0.1, 0.15) is 68.3 Å². The third kappa shape index (κ3) is 5.13. The maximum absolute atomic E-state index is 12.7. The van der Waals surface area contributed by atoms with Crippen molar-refractivity contribution >= 4 is 40.9 Å². The van der Waals surface area contributed by atoms with Gasteiger partial charge in [0, 0.05) is 11.7 Å². The Balaban J connectivity index is 1.38. The van der Waals surface area contributed by atoms with E-state index < -0.39 is 5.25 Å². The van der Waals surface area contributed by atoms with E-state index in [0.29, 0.717) is 27.5 Å². The molecule has 2 fully saturated rings. The van der Waals surface area contributed by atoms with E-state index in [-0.39, 0.29) is 17.9 Å². The average Bonchev–Trinajstić information content (AvgIpc) is 3.48. The van der Waals surface area contributed by atoms with Crippen molar-refractivity contribution in [1.29, 1.82) is 0 Å². The number of halogens is 1. The highest BCUT2D eigenvalue weighted by molar-refractivity contribution is 8.00. The van der Waals surface area contributed by atoms with Crippen LogP contribution in [0.3, 0.4) is 0 Å². The van der Waals surface area contributed by atoms with Crippen molar-refractivity contribution in [2.45, 2.75) is 74.4 Å². The fraction of sp³-hybridized carbons (Fsp3) is 0.550. The Morgan fingerprint density at radius 2 is 1.97 bits per heavy atom. The first-order valence-corrected chi connectivity index (χ1v) is 11.6. The number of aromatic nitrogens is 4. The standard InChI is InChI=1S/C20H25ClN6O2S/c1-12(30-20-24-25-26-27(20)15-8-9-15)18(28)23-14-7-10-17(21)16(11-14)19(29)22-13-5-3-2-4-6-13/h7,10-13,15H,2-6,8-9H2,1H3,(H,22,29)(H,23,28). The predicted molar refractivity (Wildman–Crippen MR) is 116 cm³/mol. The number of nitrogens with one attached hydrogen (secondary N) is 2. The van der Waals surface area contributed by atoms with E-state index >= 15 is 0 Å². The normalized spacial score (nSPS) is 18.1. The summed E-state index contributed by atoms with van der Waals surface area (Å²) in [5, 5.41) is 18.3. The van der Waals surface area contributed by atoms with Crippen LogP contribution in [0.25, 0.3) is 0 Å². The van der Waals surface area contributed by atoms with Crippen molar-refractivity contribution in [2.75, 3.05) is 5.32 Å². The van der Waals surface area contributed by atoms with Crippen molar-refractivity contribution in [3.63, 3.8) is 0 Å². The van der Waals surface area contributed by atoms with E-state index in [1.54, 1.807) is 29.8 Å². The highest BCUT2D eigenvalue weighted by Crippen LogP contribution is 2.37. The van der Waals surface area contributed by atoms with Crippen LogP contribution in [-0.2, 0) is 4.79 Å². The zero-order valence-corrected chi connectivity index (χ0v) is 18.4. The Bertz CT molecular complexity index is 926. The van der Waals surface area contributed by atoms with Gasteiger partial charge in [-0.15, -0.1) is 5.10 Å². The molecule has 1 heterocycles. The molecule has 1 aromatic heterocycles. The van der Waals surface area contributed by atoms with Gasteiger partial charge in [0.1, 0.15) is 0 Å². The molecule has 4 rings (SSSR count). The van der Waals surface area contributed by atoms with E-state index in [2.05, 4.69) is 26.2 Å². The third-order valence-corrected chi connectivity index (χ3v) is 6.80. The van der Waals surface area contributed by atoms with E-state index in [1.807, 2.05) is 0 Å². The number of benzene rings is 1. The number of hydrogen-bond donors (Lipinski definition) is 2. The quantitative estimate of drug-likeness (QED) is 0.624. The summed E-state index contributed by atoms with van der Waals surface area (Å²) in [6, 6.07) is 5.50. The number of carbonyl (C=O) groups excluding carboxylic acids is 2. The number of rotatable bonds is 7. The summed E-state index contributed by atoms with van der Waals surface area (Å²) in [6.07, 6.45) is 7.61. The lowest BCUT2D eigenvalue weighted by atomic mass is 9.95. The Kier molecular flexibility index (Phi) is 6.58. The van der Waals surface area contributed by atoms with Gasteiger partial charge in [0.05, 0.1) is 21.9 Å². The monoisotopic (exact) mass is 448 g/mol. The zero-order valence-electron chi connectivity index (χ0n) is 16.8. The third-order valence-electron chi connectivity index (χ3n) is 5.43. The van der Waals surface area contributed by atoms with Gasteiger partial charge in [-0.25, -0.2) is 4.68 Å². The lowest BCUT2D eigenvalue weighted by Crippen LogP contribution is -2.36. The highest BCUT2D eigenvalue weighted by Gasteiger charge is 2.29. The van der Waals surface area contributed by atoms with Gasteiger partial charge in [0.25, 0.3) is 5.91 Å². The van der Waals surface area contributed by atoms with E-state index in [1.165, 1.54) is 18.2 Å². The van der Waals surface area contributed by atoms with Gasteiger partial charge < -0.3 is 10.6 Å². The Morgan fingerprint density at radius 1 is 1.20 bits per heavy atom. The van der Waals surface area contributed by atoms with Crippen LogP contribution in [0.5, 0.6) is 0 Å². The van der Waals surface area contributed by atoms with Gasteiger partial charge in [-0.05, 0) is 61.2 Å². The molecule has 0 aliphatic heterocycles. The van der Waals surface area contributed by atoms with E-state index in [0.717, 1.165) is 38.5 Å². The van der Waals surface area contributed by atoms with Crippen LogP contribution in [-0.4, -0.2) is 43.3 Å². The molecule has 0 radical (unpaired) electrons. The number of hydrogen-bond acceptors (Lipinski definition) is 6. The summed E-state index contributed by atoms with van der Waals surface area (Å²) >= 11 is 7.57. The summed E-state index contributed by atoms with van der Waals surface area (Å²) in [4.78, 5) is 25.4. The number of tetrazole rings is 1. The molecule has 2 aliphatic rings. The zero-order chi connectivity index (χ0) is 21.1. The van der Waals surface area contributed by atoms with Crippen LogP contribution >= 0.6 is 23.4 Å². The van der Waals surface area contributed by atoms with Crippen molar-refractivity contribution in [3.8, 4) is 0 Å². The summed E-state index contributed by atoms with van der Waals surface area (Å²) in [5.74, 6) is -0.389. The molecular formula is C20H25ClN6O2S. The van der Waals surface area contributed by atoms with Crippen LogP contribution in [0, 0.1) is 0 Å².